The van der Waals surface area contributed by atoms with E-state index in [1.165, 1.54) is 21.3 Å². The summed E-state index contributed by atoms with van der Waals surface area (Å²) in [6.45, 7) is 7.20. The Labute approximate surface area is 241 Å². The summed E-state index contributed by atoms with van der Waals surface area (Å²) in [5.41, 5.74) is 5.41. The molecule has 10 heteroatoms. The van der Waals surface area contributed by atoms with E-state index in [0.717, 1.165) is 25.3 Å². The van der Waals surface area contributed by atoms with E-state index in [0.29, 0.717) is 33.5 Å². The quantitative estimate of drug-likeness (QED) is 0.296. The van der Waals surface area contributed by atoms with Crippen LogP contribution in [-0.4, -0.2) is 40.3 Å². The third-order valence-electron chi connectivity index (χ3n) is 7.58. The summed E-state index contributed by atoms with van der Waals surface area (Å²) in [6, 6.07) is 17.7. The van der Waals surface area contributed by atoms with Gasteiger partial charge in [-0.25, -0.2) is 14.5 Å². The van der Waals surface area contributed by atoms with Gasteiger partial charge in [0.15, 0.2) is 5.65 Å². The van der Waals surface area contributed by atoms with E-state index in [2.05, 4.69) is 63.3 Å². The fourth-order valence-corrected chi connectivity index (χ4v) is 6.07. The molecule has 6 aromatic rings. The minimum atomic E-state index is -0.289. The number of halogens is 1. The molecule has 0 bridgehead atoms. The molecule has 0 aliphatic carbocycles. The molecular weight excluding hydrogens is 536 g/mol. The number of fused-ring (bicyclic) bond motifs is 4. The first-order chi connectivity index (χ1) is 19.9. The highest BCUT2D eigenvalue weighted by Crippen LogP contribution is 2.36. The zero-order valence-corrected chi connectivity index (χ0v) is 23.4. The number of hydrogen-bond acceptors (Lipinski definition) is 7. The lowest BCUT2D eigenvalue weighted by Crippen LogP contribution is -2.41. The van der Waals surface area contributed by atoms with E-state index in [1.807, 2.05) is 24.4 Å². The Morgan fingerprint density at radius 2 is 1.90 bits per heavy atom. The second-order valence-corrected chi connectivity index (χ2v) is 11.4. The second kappa shape index (κ2) is 9.79. The monoisotopic (exact) mass is 562 g/mol. The van der Waals surface area contributed by atoms with Crippen LogP contribution in [0.25, 0.3) is 22.5 Å². The van der Waals surface area contributed by atoms with Crippen molar-refractivity contribution in [2.45, 2.75) is 32.4 Å². The standard InChI is InChI=1S/C31H27ClN8O/c1-31(2)19-38(17-20-6-5-11-33-15-20)18-21-14-22(9-10-24(21)31)36-29-35-16-23-27(37-29)39-13-12-34-30(39)40(28(23)41)26-8-4-3-7-25(26)32/h3-16H,17-19H2,1-2H3,(H,35,36,37). The number of pyridine rings is 1. The van der Waals surface area contributed by atoms with E-state index in [-0.39, 0.29) is 11.0 Å². The molecule has 5 heterocycles. The lowest BCUT2D eigenvalue weighted by atomic mass is 9.78. The normalized spacial score (nSPS) is 14.8. The van der Waals surface area contributed by atoms with Crippen molar-refractivity contribution in [3.63, 3.8) is 0 Å². The molecule has 9 nitrogen and oxygen atoms in total. The summed E-state index contributed by atoms with van der Waals surface area (Å²) in [4.78, 5) is 34.0. The van der Waals surface area contributed by atoms with Gasteiger partial charge in [-0.05, 0) is 47.0 Å². The van der Waals surface area contributed by atoms with Crippen LogP contribution in [-0.2, 0) is 18.5 Å². The van der Waals surface area contributed by atoms with Crippen molar-refractivity contribution in [2.24, 2.45) is 0 Å². The van der Waals surface area contributed by atoms with Crippen LogP contribution >= 0.6 is 11.6 Å². The first kappa shape index (κ1) is 25.4. The van der Waals surface area contributed by atoms with Gasteiger partial charge in [0.2, 0.25) is 11.7 Å². The smallest absolute Gasteiger partial charge is 0.270 e. The highest BCUT2D eigenvalue weighted by atomic mass is 35.5. The second-order valence-electron chi connectivity index (χ2n) is 11.0. The minimum Gasteiger partial charge on any atom is -0.324 e. The molecular formula is C31H27ClN8O. The molecule has 0 spiro atoms. The molecule has 0 saturated heterocycles. The van der Waals surface area contributed by atoms with Crippen LogP contribution < -0.4 is 10.9 Å². The molecule has 1 aliphatic rings. The van der Waals surface area contributed by atoms with Crippen LogP contribution in [0.15, 0.2) is 90.4 Å². The van der Waals surface area contributed by atoms with Crippen LogP contribution in [0.5, 0.6) is 0 Å². The number of anilines is 2. The summed E-state index contributed by atoms with van der Waals surface area (Å²) < 4.78 is 3.27. The molecule has 2 aromatic carbocycles. The van der Waals surface area contributed by atoms with Crippen LogP contribution in [0.1, 0.15) is 30.5 Å². The van der Waals surface area contributed by atoms with Crippen molar-refractivity contribution >= 4 is 40.0 Å². The average molecular weight is 563 g/mol. The highest BCUT2D eigenvalue weighted by molar-refractivity contribution is 6.32. The van der Waals surface area contributed by atoms with Gasteiger partial charge in [0, 0.05) is 61.7 Å². The molecule has 1 aliphatic heterocycles. The van der Waals surface area contributed by atoms with Crippen molar-refractivity contribution in [3.8, 4) is 5.69 Å². The van der Waals surface area contributed by atoms with E-state index in [1.54, 1.807) is 41.3 Å². The third-order valence-corrected chi connectivity index (χ3v) is 7.90. The molecule has 0 fully saturated rings. The molecule has 1 N–H and O–H groups in total. The van der Waals surface area contributed by atoms with Crippen molar-refractivity contribution in [1.82, 2.24) is 33.8 Å². The van der Waals surface area contributed by atoms with Gasteiger partial charge < -0.3 is 5.32 Å². The largest absolute Gasteiger partial charge is 0.324 e. The summed E-state index contributed by atoms with van der Waals surface area (Å²) >= 11 is 6.44. The zero-order valence-electron chi connectivity index (χ0n) is 22.6. The van der Waals surface area contributed by atoms with Crippen LogP contribution in [0.3, 0.4) is 0 Å². The van der Waals surface area contributed by atoms with Gasteiger partial charge in [0.05, 0.1) is 10.7 Å². The zero-order chi connectivity index (χ0) is 28.1. The number of rotatable bonds is 5. The molecule has 0 atom stereocenters. The average Bonchev–Trinajstić information content (AvgIpc) is 3.44. The van der Waals surface area contributed by atoms with Gasteiger partial charge in [-0.15, -0.1) is 0 Å². The number of benzene rings is 2. The van der Waals surface area contributed by atoms with Crippen molar-refractivity contribution in [3.05, 3.63) is 118 Å². The van der Waals surface area contributed by atoms with Gasteiger partial charge in [0.1, 0.15) is 5.39 Å². The predicted molar refractivity (Wildman–Crippen MR) is 160 cm³/mol. The number of nitrogens with one attached hydrogen (secondary N) is 1. The maximum absolute atomic E-state index is 13.6. The SMILES string of the molecule is CC1(C)CN(Cc2cccnc2)Cc2cc(Nc3ncc4c(=O)n(-c5ccccc5Cl)c5nccn5c4n3)ccc21. The first-order valence-corrected chi connectivity index (χ1v) is 13.8. The molecule has 7 rings (SSSR count). The predicted octanol–water partition coefficient (Wildman–Crippen LogP) is 5.51. The Morgan fingerprint density at radius 3 is 2.73 bits per heavy atom. The van der Waals surface area contributed by atoms with E-state index in [9.17, 15) is 4.79 Å². The van der Waals surface area contributed by atoms with Gasteiger partial charge >= 0.3 is 0 Å². The number of hydrogen-bond donors (Lipinski definition) is 1. The lowest BCUT2D eigenvalue weighted by molar-refractivity contribution is 0.186. The number of nitrogens with zero attached hydrogens (tertiary/aromatic N) is 7. The van der Waals surface area contributed by atoms with Crippen molar-refractivity contribution < 1.29 is 0 Å². The molecule has 0 saturated carbocycles. The fraction of sp³-hybridized carbons (Fsp3) is 0.194. The Balaban J connectivity index is 1.24. The van der Waals surface area contributed by atoms with Gasteiger partial charge in [-0.3, -0.25) is 19.1 Å². The highest BCUT2D eigenvalue weighted by Gasteiger charge is 2.31. The minimum absolute atomic E-state index is 0.00233. The Bertz CT molecular complexity index is 1980. The van der Waals surface area contributed by atoms with Crippen molar-refractivity contribution in [1.29, 1.82) is 0 Å². The van der Waals surface area contributed by atoms with E-state index in [4.69, 9.17) is 16.6 Å². The number of imidazole rings is 1. The van der Waals surface area contributed by atoms with Crippen molar-refractivity contribution in [2.75, 3.05) is 11.9 Å². The van der Waals surface area contributed by atoms with Gasteiger partial charge in [-0.1, -0.05) is 49.7 Å². The third kappa shape index (κ3) is 4.53. The maximum Gasteiger partial charge on any atom is 0.270 e. The van der Waals surface area contributed by atoms with E-state index >= 15 is 0 Å². The molecule has 0 unspecified atom stereocenters. The topological polar surface area (TPSA) is 93.2 Å². The van der Waals surface area contributed by atoms with Gasteiger partial charge in [0.25, 0.3) is 5.56 Å². The first-order valence-electron chi connectivity index (χ1n) is 13.4. The van der Waals surface area contributed by atoms with Gasteiger partial charge in [-0.2, -0.15) is 4.98 Å². The Hall–Kier alpha value is -4.60. The summed E-state index contributed by atoms with van der Waals surface area (Å²) in [5, 5.41) is 4.17. The maximum atomic E-state index is 13.6. The molecule has 41 heavy (non-hydrogen) atoms. The Kier molecular flexibility index (Phi) is 6.06. The number of para-hydroxylation sites is 1. The number of aromatic nitrogens is 6. The fourth-order valence-electron chi connectivity index (χ4n) is 5.85. The summed E-state index contributed by atoms with van der Waals surface area (Å²) in [5.74, 6) is 0.814. The molecule has 4 aromatic heterocycles. The van der Waals surface area contributed by atoms with Crippen LogP contribution in [0.2, 0.25) is 5.02 Å². The van der Waals surface area contributed by atoms with Crippen LogP contribution in [0, 0.1) is 0 Å². The lowest BCUT2D eigenvalue weighted by Gasteiger charge is -2.40. The Morgan fingerprint density at radius 1 is 1.02 bits per heavy atom. The molecule has 0 amide bonds. The summed E-state index contributed by atoms with van der Waals surface area (Å²) in [6.07, 6.45) is 8.70. The molecule has 204 valence electrons. The molecule has 0 radical (unpaired) electrons. The van der Waals surface area contributed by atoms with E-state index < -0.39 is 0 Å². The van der Waals surface area contributed by atoms with Crippen LogP contribution in [0.4, 0.5) is 11.6 Å². The summed E-state index contributed by atoms with van der Waals surface area (Å²) in [7, 11) is 0.